The van der Waals surface area contributed by atoms with Crippen LogP contribution in [0.4, 0.5) is 0 Å². The van der Waals surface area contributed by atoms with Gasteiger partial charge in [0.15, 0.2) is 0 Å². The SMILES string of the molecule is Cc1ccc(C2NC(C)(C)CS2)nc1. The molecule has 2 nitrogen and oxygen atoms in total. The maximum atomic E-state index is 4.44. The highest BCUT2D eigenvalue weighted by Gasteiger charge is 2.31. The lowest BCUT2D eigenvalue weighted by atomic mass is 10.1. The molecule has 1 atom stereocenters. The molecule has 76 valence electrons. The molecule has 0 aliphatic carbocycles. The third-order valence-electron chi connectivity index (χ3n) is 2.34. The Morgan fingerprint density at radius 1 is 1.50 bits per heavy atom. The molecule has 1 aliphatic rings. The first-order valence-corrected chi connectivity index (χ1v) is 5.94. The van der Waals surface area contributed by atoms with E-state index in [1.807, 2.05) is 18.0 Å². The van der Waals surface area contributed by atoms with Gasteiger partial charge in [-0.1, -0.05) is 6.07 Å². The van der Waals surface area contributed by atoms with Gasteiger partial charge >= 0.3 is 0 Å². The number of thioether (sulfide) groups is 1. The van der Waals surface area contributed by atoms with E-state index in [-0.39, 0.29) is 5.54 Å². The van der Waals surface area contributed by atoms with E-state index >= 15 is 0 Å². The Balaban J connectivity index is 2.14. The van der Waals surface area contributed by atoms with Crippen molar-refractivity contribution >= 4 is 11.8 Å². The Kier molecular flexibility index (Phi) is 2.54. The average molecular weight is 208 g/mol. The van der Waals surface area contributed by atoms with Crippen LogP contribution in [0.5, 0.6) is 0 Å². The maximum Gasteiger partial charge on any atom is 0.0967 e. The van der Waals surface area contributed by atoms with E-state index in [2.05, 4.69) is 43.2 Å². The van der Waals surface area contributed by atoms with Gasteiger partial charge in [-0.3, -0.25) is 10.3 Å². The van der Waals surface area contributed by atoms with E-state index in [0.717, 1.165) is 11.4 Å². The lowest BCUT2D eigenvalue weighted by molar-refractivity contribution is 0.449. The summed E-state index contributed by atoms with van der Waals surface area (Å²) in [6.07, 6.45) is 1.93. The Morgan fingerprint density at radius 2 is 2.29 bits per heavy atom. The largest absolute Gasteiger partial charge is 0.294 e. The summed E-state index contributed by atoms with van der Waals surface area (Å²) in [7, 11) is 0. The summed E-state index contributed by atoms with van der Waals surface area (Å²) in [4.78, 5) is 4.44. The molecule has 1 unspecified atom stereocenters. The minimum Gasteiger partial charge on any atom is -0.294 e. The van der Waals surface area contributed by atoms with Crippen LogP contribution in [0.1, 0.15) is 30.5 Å². The average Bonchev–Trinajstić information content (AvgIpc) is 2.47. The summed E-state index contributed by atoms with van der Waals surface area (Å²) >= 11 is 1.93. The van der Waals surface area contributed by atoms with Crippen molar-refractivity contribution in [3.8, 4) is 0 Å². The first-order chi connectivity index (χ1) is 6.57. The number of nitrogens with one attached hydrogen (secondary N) is 1. The van der Waals surface area contributed by atoms with Crippen LogP contribution in [-0.2, 0) is 0 Å². The highest BCUT2D eigenvalue weighted by atomic mass is 32.2. The summed E-state index contributed by atoms with van der Waals surface area (Å²) in [5.41, 5.74) is 2.60. The van der Waals surface area contributed by atoms with Crippen LogP contribution < -0.4 is 5.32 Å². The van der Waals surface area contributed by atoms with Crippen molar-refractivity contribution in [3.05, 3.63) is 29.6 Å². The molecule has 1 fully saturated rings. The van der Waals surface area contributed by atoms with E-state index in [9.17, 15) is 0 Å². The quantitative estimate of drug-likeness (QED) is 0.767. The van der Waals surface area contributed by atoms with Gasteiger partial charge in [0.1, 0.15) is 0 Å². The van der Waals surface area contributed by atoms with Crippen LogP contribution in [0.25, 0.3) is 0 Å². The Hall–Kier alpha value is -0.540. The van der Waals surface area contributed by atoms with Gasteiger partial charge in [0, 0.05) is 17.5 Å². The van der Waals surface area contributed by atoms with Gasteiger partial charge < -0.3 is 0 Å². The predicted molar refractivity (Wildman–Crippen MR) is 61.4 cm³/mol. The van der Waals surface area contributed by atoms with Gasteiger partial charge in [0.05, 0.1) is 11.1 Å². The number of aromatic nitrogens is 1. The number of rotatable bonds is 1. The van der Waals surface area contributed by atoms with Crippen molar-refractivity contribution in [3.63, 3.8) is 0 Å². The van der Waals surface area contributed by atoms with Crippen molar-refractivity contribution in [2.24, 2.45) is 0 Å². The van der Waals surface area contributed by atoms with Gasteiger partial charge in [0.2, 0.25) is 0 Å². The van der Waals surface area contributed by atoms with Crippen LogP contribution in [0.3, 0.4) is 0 Å². The molecule has 3 heteroatoms. The Morgan fingerprint density at radius 3 is 2.79 bits per heavy atom. The fourth-order valence-electron chi connectivity index (χ4n) is 1.52. The second-order valence-electron chi connectivity index (χ2n) is 4.48. The molecule has 0 bridgehead atoms. The van der Waals surface area contributed by atoms with Gasteiger partial charge in [-0.15, -0.1) is 11.8 Å². The molecule has 2 heterocycles. The zero-order chi connectivity index (χ0) is 10.2. The predicted octanol–water partition coefficient (Wildman–Crippen LogP) is 2.50. The molecule has 0 saturated carbocycles. The minimum atomic E-state index is 0.238. The summed E-state index contributed by atoms with van der Waals surface area (Å²) < 4.78 is 0. The van der Waals surface area contributed by atoms with Crippen LogP contribution >= 0.6 is 11.8 Å². The number of aryl methyl sites for hydroxylation is 1. The molecule has 2 rings (SSSR count). The normalized spacial score (nSPS) is 25.2. The molecule has 1 aromatic rings. The molecule has 1 aromatic heterocycles. The molecule has 1 N–H and O–H groups in total. The molecule has 0 radical (unpaired) electrons. The summed E-state index contributed by atoms with van der Waals surface area (Å²) in [5, 5.41) is 3.93. The summed E-state index contributed by atoms with van der Waals surface area (Å²) in [6, 6.07) is 4.23. The van der Waals surface area contributed by atoms with Gasteiger partial charge in [-0.2, -0.15) is 0 Å². The van der Waals surface area contributed by atoms with Crippen LogP contribution in [0.15, 0.2) is 18.3 Å². The summed E-state index contributed by atoms with van der Waals surface area (Å²) in [6.45, 7) is 6.53. The molecular weight excluding hydrogens is 192 g/mol. The molecular formula is C11H16N2S. The second kappa shape index (κ2) is 3.55. The first kappa shape index (κ1) is 9.99. The minimum absolute atomic E-state index is 0.238. The van der Waals surface area contributed by atoms with Crippen molar-refractivity contribution in [1.29, 1.82) is 0 Å². The number of nitrogens with zero attached hydrogens (tertiary/aromatic N) is 1. The molecule has 1 saturated heterocycles. The van der Waals surface area contributed by atoms with Gasteiger partial charge in [0.25, 0.3) is 0 Å². The molecule has 0 aromatic carbocycles. The molecule has 0 amide bonds. The smallest absolute Gasteiger partial charge is 0.0967 e. The molecule has 14 heavy (non-hydrogen) atoms. The van der Waals surface area contributed by atoms with Crippen molar-refractivity contribution in [2.45, 2.75) is 31.7 Å². The monoisotopic (exact) mass is 208 g/mol. The topological polar surface area (TPSA) is 24.9 Å². The lowest BCUT2D eigenvalue weighted by Crippen LogP contribution is -2.36. The van der Waals surface area contributed by atoms with Crippen LogP contribution in [0.2, 0.25) is 0 Å². The zero-order valence-corrected chi connectivity index (χ0v) is 9.69. The summed E-state index contributed by atoms with van der Waals surface area (Å²) in [5.74, 6) is 1.15. The Labute approximate surface area is 89.5 Å². The highest BCUT2D eigenvalue weighted by molar-refractivity contribution is 7.99. The van der Waals surface area contributed by atoms with E-state index < -0.39 is 0 Å². The number of pyridine rings is 1. The van der Waals surface area contributed by atoms with E-state index in [1.54, 1.807) is 0 Å². The van der Waals surface area contributed by atoms with Gasteiger partial charge in [-0.05, 0) is 32.4 Å². The van der Waals surface area contributed by atoms with Gasteiger partial charge in [-0.25, -0.2) is 0 Å². The zero-order valence-electron chi connectivity index (χ0n) is 8.87. The third-order valence-corrected chi connectivity index (χ3v) is 3.92. The standard InChI is InChI=1S/C11H16N2S/c1-8-4-5-9(12-6-8)10-13-11(2,3)7-14-10/h4-6,10,13H,7H2,1-3H3. The van der Waals surface area contributed by atoms with E-state index in [0.29, 0.717) is 5.37 Å². The highest BCUT2D eigenvalue weighted by Crippen LogP contribution is 2.36. The fraction of sp³-hybridized carbons (Fsp3) is 0.545. The molecule has 1 aliphatic heterocycles. The van der Waals surface area contributed by atoms with Crippen LogP contribution in [-0.4, -0.2) is 16.3 Å². The number of hydrogen-bond donors (Lipinski definition) is 1. The first-order valence-electron chi connectivity index (χ1n) is 4.89. The van der Waals surface area contributed by atoms with Crippen molar-refractivity contribution in [1.82, 2.24) is 10.3 Å². The maximum absolute atomic E-state index is 4.44. The Bertz CT molecular complexity index is 319. The van der Waals surface area contributed by atoms with Crippen molar-refractivity contribution in [2.75, 3.05) is 5.75 Å². The third kappa shape index (κ3) is 2.10. The molecule has 0 spiro atoms. The van der Waals surface area contributed by atoms with Crippen molar-refractivity contribution < 1.29 is 0 Å². The van der Waals surface area contributed by atoms with E-state index in [1.165, 1.54) is 5.56 Å². The van der Waals surface area contributed by atoms with Crippen LogP contribution in [0, 0.1) is 6.92 Å². The fourth-order valence-corrected chi connectivity index (χ4v) is 2.90. The second-order valence-corrected chi connectivity index (χ2v) is 5.57. The number of hydrogen-bond acceptors (Lipinski definition) is 3. The lowest BCUT2D eigenvalue weighted by Gasteiger charge is -2.18. The van der Waals surface area contributed by atoms with E-state index in [4.69, 9.17) is 0 Å².